The van der Waals surface area contributed by atoms with Crippen molar-refractivity contribution in [3.63, 3.8) is 0 Å². The third kappa shape index (κ3) is 1.82. The van der Waals surface area contributed by atoms with Gasteiger partial charge in [0.1, 0.15) is 11.0 Å². The molecular weight excluding hydrogens is 185 g/mol. The number of nitrogens with zero attached hydrogens (tertiary/aromatic N) is 1. The maximum absolute atomic E-state index is 7.06. The number of nitrogens with two attached hydrogens (primary N) is 1. The molecule has 58 valence electrons. The Hall–Kier alpha value is -0.800. The molecule has 0 radical (unpaired) electrons. The van der Waals surface area contributed by atoms with Crippen LogP contribution in [0.3, 0.4) is 0 Å². The van der Waals surface area contributed by atoms with Crippen LogP contribution in [0.25, 0.3) is 0 Å². The van der Waals surface area contributed by atoms with Gasteiger partial charge in [0.25, 0.3) is 0 Å². The molecule has 3 nitrogen and oxygen atoms in total. The second-order valence-electron chi connectivity index (χ2n) is 1.90. The van der Waals surface area contributed by atoms with E-state index < -0.39 is 0 Å². The third-order valence-corrected chi connectivity index (χ3v) is 1.63. The predicted molar refractivity (Wildman–Crippen MR) is 45.3 cm³/mol. The van der Waals surface area contributed by atoms with Crippen LogP contribution in [0.2, 0.25) is 10.2 Å². The van der Waals surface area contributed by atoms with Crippen molar-refractivity contribution in [1.29, 1.82) is 5.41 Å². The maximum atomic E-state index is 7.06. The van der Waals surface area contributed by atoms with E-state index in [0.717, 1.165) is 0 Å². The lowest BCUT2D eigenvalue weighted by atomic mass is 10.3. The molecule has 11 heavy (non-hydrogen) atoms. The van der Waals surface area contributed by atoms with Crippen molar-refractivity contribution in [2.75, 3.05) is 0 Å². The fraction of sp³-hybridized carbons (Fsp3) is 0. The molecule has 3 N–H and O–H groups in total. The highest BCUT2D eigenvalue weighted by atomic mass is 35.5. The number of rotatable bonds is 1. The summed E-state index contributed by atoms with van der Waals surface area (Å²) in [6.07, 6.45) is 1.37. The van der Waals surface area contributed by atoms with Gasteiger partial charge in [-0.1, -0.05) is 23.2 Å². The Kier molecular flexibility index (Phi) is 2.31. The van der Waals surface area contributed by atoms with Gasteiger partial charge in [-0.15, -0.1) is 0 Å². The van der Waals surface area contributed by atoms with Crippen molar-refractivity contribution in [3.05, 3.63) is 28.0 Å². The summed E-state index contributed by atoms with van der Waals surface area (Å²) < 4.78 is 0. The Morgan fingerprint density at radius 1 is 1.55 bits per heavy atom. The van der Waals surface area contributed by atoms with E-state index in [0.29, 0.717) is 15.7 Å². The van der Waals surface area contributed by atoms with Crippen LogP contribution in [0.15, 0.2) is 12.3 Å². The van der Waals surface area contributed by atoms with E-state index in [1.165, 1.54) is 12.3 Å². The summed E-state index contributed by atoms with van der Waals surface area (Å²) in [5.74, 6) is -0.112. The zero-order valence-electron chi connectivity index (χ0n) is 5.44. The minimum atomic E-state index is -0.112. The summed E-state index contributed by atoms with van der Waals surface area (Å²) in [6.45, 7) is 0. The van der Waals surface area contributed by atoms with Gasteiger partial charge in [0.05, 0.1) is 10.6 Å². The Morgan fingerprint density at radius 2 is 2.18 bits per heavy atom. The van der Waals surface area contributed by atoms with Crippen molar-refractivity contribution in [1.82, 2.24) is 4.98 Å². The average molecular weight is 190 g/mol. The van der Waals surface area contributed by atoms with Crippen molar-refractivity contribution in [2.45, 2.75) is 0 Å². The molecule has 0 amide bonds. The molecule has 0 unspecified atom stereocenters. The molecule has 0 aliphatic carbocycles. The first-order chi connectivity index (χ1) is 5.11. The Labute approximate surface area is 73.6 Å². The lowest BCUT2D eigenvalue weighted by Crippen LogP contribution is -2.11. The van der Waals surface area contributed by atoms with Crippen molar-refractivity contribution in [3.8, 4) is 0 Å². The van der Waals surface area contributed by atoms with Crippen LogP contribution in [0.1, 0.15) is 5.56 Å². The quantitative estimate of drug-likeness (QED) is 0.402. The van der Waals surface area contributed by atoms with Crippen molar-refractivity contribution in [2.24, 2.45) is 5.73 Å². The zero-order valence-corrected chi connectivity index (χ0v) is 6.95. The van der Waals surface area contributed by atoms with E-state index in [-0.39, 0.29) is 5.84 Å². The number of halogens is 2. The molecule has 0 spiro atoms. The summed E-state index contributed by atoms with van der Waals surface area (Å²) in [4.78, 5) is 3.72. The first-order valence-electron chi connectivity index (χ1n) is 2.76. The molecule has 0 bridgehead atoms. The van der Waals surface area contributed by atoms with Crippen LogP contribution in [-0.2, 0) is 0 Å². The van der Waals surface area contributed by atoms with E-state index >= 15 is 0 Å². The van der Waals surface area contributed by atoms with E-state index in [1.54, 1.807) is 0 Å². The predicted octanol–water partition coefficient (Wildman–Crippen LogP) is 1.67. The second kappa shape index (κ2) is 3.07. The van der Waals surface area contributed by atoms with Crippen LogP contribution < -0.4 is 5.73 Å². The topological polar surface area (TPSA) is 62.8 Å². The SMILES string of the molecule is N=C(N)c1cnc(Cl)cc1Cl. The molecule has 0 atom stereocenters. The minimum absolute atomic E-state index is 0.112. The van der Waals surface area contributed by atoms with Crippen LogP contribution in [0, 0.1) is 5.41 Å². The summed E-state index contributed by atoms with van der Waals surface area (Å²) in [7, 11) is 0. The molecule has 0 aliphatic heterocycles. The molecule has 0 fully saturated rings. The number of hydrogen-bond acceptors (Lipinski definition) is 2. The van der Waals surface area contributed by atoms with Gasteiger partial charge < -0.3 is 5.73 Å². The summed E-state index contributed by atoms with van der Waals surface area (Å²) >= 11 is 11.2. The van der Waals surface area contributed by atoms with Crippen LogP contribution >= 0.6 is 23.2 Å². The molecule has 5 heteroatoms. The minimum Gasteiger partial charge on any atom is -0.384 e. The van der Waals surface area contributed by atoms with Crippen LogP contribution in [-0.4, -0.2) is 10.8 Å². The summed E-state index contributed by atoms with van der Waals surface area (Å²) in [5.41, 5.74) is 5.58. The molecule has 0 aliphatic rings. The number of pyridine rings is 1. The lowest BCUT2D eigenvalue weighted by molar-refractivity contribution is 1.29. The fourth-order valence-electron chi connectivity index (χ4n) is 0.606. The number of hydrogen-bond donors (Lipinski definition) is 2. The largest absolute Gasteiger partial charge is 0.384 e. The number of nitrogens with one attached hydrogen (secondary N) is 1. The van der Waals surface area contributed by atoms with Gasteiger partial charge in [-0.3, -0.25) is 5.41 Å². The molecule has 0 saturated carbocycles. The van der Waals surface area contributed by atoms with Gasteiger partial charge >= 0.3 is 0 Å². The Bertz CT molecular complexity index is 298. The van der Waals surface area contributed by atoms with E-state index in [4.69, 9.17) is 34.3 Å². The standard InChI is InChI=1S/C6H5Cl2N3/c7-4-1-5(8)11-2-3(4)6(9)10/h1-2H,(H3,9,10). The summed E-state index contributed by atoms with van der Waals surface area (Å²) in [6, 6.07) is 1.44. The normalized spacial score (nSPS) is 9.64. The highest BCUT2D eigenvalue weighted by Gasteiger charge is 2.03. The molecule has 0 saturated heterocycles. The Morgan fingerprint density at radius 3 is 2.64 bits per heavy atom. The van der Waals surface area contributed by atoms with E-state index in [2.05, 4.69) is 4.98 Å². The molecule has 1 rings (SSSR count). The van der Waals surface area contributed by atoms with Gasteiger partial charge in [-0.25, -0.2) is 4.98 Å². The van der Waals surface area contributed by atoms with Crippen LogP contribution in [0.5, 0.6) is 0 Å². The van der Waals surface area contributed by atoms with Gasteiger partial charge in [0.15, 0.2) is 0 Å². The summed E-state index contributed by atoms with van der Waals surface area (Å²) in [5, 5.41) is 7.69. The van der Waals surface area contributed by atoms with Crippen LogP contribution in [0.4, 0.5) is 0 Å². The molecule has 0 aromatic carbocycles. The lowest BCUT2D eigenvalue weighted by Gasteiger charge is -1.99. The molecular formula is C6H5Cl2N3. The Balaban J connectivity index is 3.20. The second-order valence-corrected chi connectivity index (χ2v) is 2.69. The maximum Gasteiger partial charge on any atom is 0.130 e. The number of nitrogen functional groups attached to an aromatic ring is 1. The van der Waals surface area contributed by atoms with Gasteiger partial charge in [-0.2, -0.15) is 0 Å². The highest BCUT2D eigenvalue weighted by molar-refractivity contribution is 6.36. The zero-order chi connectivity index (χ0) is 8.43. The number of amidine groups is 1. The smallest absolute Gasteiger partial charge is 0.130 e. The third-order valence-electron chi connectivity index (χ3n) is 1.11. The first-order valence-corrected chi connectivity index (χ1v) is 3.52. The number of aromatic nitrogens is 1. The van der Waals surface area contributed by atoms with Gasteiger partial charge in [-0.05, 0) is 6.07 Å². The fourth-order valence-corrected chi connectivity index (χ4v) is 1.07. The van der Waals surface area contributed by atoms with Crippen molar-refractivity contribution >= 4 is 29.0 Å². The first kappa shape index (κ1) is 8.30. The monoisotopic (exact) mass is 189 g/mol. The van der Waals surface area contributed by atoms with Gasteiger partial charge in [0, 0.05) is 6.20 Å². The van der Waals surface area contributed by atoms with Gasteiger partial charge in [0.2, 0.25) is 0 Å². The van der Waals surface area contributed by atoms with E-state index in [9.17, 15) is 0 Å². The molecule has 1 aromatic heterocycles. The molecule has 1 heterocycles. The molecule has 1 aromatic rings. The average Bonchev–Trinajstić information content (AvgIpc) is 1.85. The highest BCUT2D eigenvalue weighted by Crippen LogP contribution is 2.17. The van der Waals surface area contributed by atoms with Crippen molar-refractivity contribution < 1.29 is 0 Å². The van der Waals surface area contributed by atoms with E-state index in [1.807, 2.05) is 0 Å².